The van der Waals surface area contributed by atoms with Crippen LogP contribution < -0.4 is 0 Å². The fourth-order valence-electron chi connectivity index (χ4n) is 1.53. The van der Waals surface area contributed by atoms with E-state index >= 15 is 0 Å². The molecule has 0 radical (unpaired) electrons. The van der Waals surface area contributed by atoms with E-state index in [1.54, 1.807) is 36.6 Å². The second-order valence-corrected chi connectivity index (χ2v) is 5.55. The van der Waals surface area contributed by atoms with Crippen molar-refractivity contribution in [3.8, 4) is 0 Å². The monoisotopic (exact) mass is 309 g/mol. The van der Waals surface area contributed by atoms with Crippen molar-refractivity contribution in [3.05, 3.63) is 41.2 Å². The molecule has 0 unspecified atom stereocenters. The van der Waals surface area contributed by atoms with E-state index in [9.17, 15) is 9.59 Å². The number of nitrogens with zero attached hydrogens (tertiary/aromatic N) is 1. The van der Waals surface area contributed by atoms with Crippen LogP contribution in [0.3, 0.4) is 0 Å². The summed E-state index contributed by atoms with van der Waals surface area (Å²) in [5, 5.41) is 8.64. The van der Waals surface area contributed by atoms with Crippen molar-refractivity contribution in [2.75, 3.05) is 6.54 Å². The molecule has 5 nitrogen and oxygen atoms in total. The molecule has 0 atom stereocenters. The summed E-state index contributed by atoms with van der Waals surface area (Å²) in [6.07, 6.45) is 6.50. The SMILES string of the molecule is O=C(O)CCN1C(=O)/C(=C/C=C/c2ccco2)SC1=S. The van der Waals surface area contributed by atoms with Gasteiger partial charge in [0.1, 0.15) is 10.1 Å². The summed E-state index contributed by atoms with van der Waals surface area (Å²) in [5.41, 5.74) is 0. The fraction of sp³-hybridized carbons (Fsp3) is 0.154. The average Bonchev–Trinajstić information content (AvgIpc) is 2.98. The van der Waals surface area contributed by atoms with Gasteiger partial charge in [-0.25, -0.2) is 0 Å². The molecule has 0 spiro atoms. The van der Waals surface area contributed by atoms with Gasteiger partial charge in [-0.15, -0.1) is 0 Å². The van der Waals surface area contributed by atoms with E-state index in [-0.39, 0.29) is 18.9 Å². The third kappa shape index (κ3) is 3.58. The minimum absolute atomic E-state index is 0.0965. The van der Waals surface area contributed by atoms with Crippen molar-refractivity contribution in [1.82, 2.24) is 4.90 Å². The average molecular weight is 309 g/mol. The fourth-order valence-corrected chi connectivity index (χ4v) is 2.79. The molecule has 1 aliphatic rings. The molecule has 1 fully saturated rings. The first-order chi connectivity index (χ1) is 9.58. The summed E-state index contributed by atoms with van der Waals surface area (Å²) in [4.78, 5) is 24.3. The van der Waals surface area contributed by atoms with Gasteiger partial charge >= 0.3 is 5.97 Å². The molecular weight excluding hydrogens is 298 g/mol. The number of carbonyl (C=O) groups is 2. The second kappa shape index (κ2) is 6.53. The highest BCUT2D eigenvalue weighted by Gasteiger charge is 2.31. The zero-order valence-corrected chi connectivity index (χ0v) is 11.9. The van der Waals surface area contributed by atoms with Crippen LogP contribution in [0.1, 0.15) is 12.2 Å². The summed E-state index contributed by atoms with van der Waals surface area (Å²) in [6, 6.07) is 3.56. The number of thiocarbonyl (C=S) groups is 1. The number of rotatable bonds is 5. The normalized spacial score (nSPS) is 17.6. The van der Waals surface area contributed by atoms with Gasteiger partial charge in [0.15, 0.2) is 0 Å². The van der Waals surface area contributed by atoms with E-state index in [2.05, 4.69) is 0 Å². The summed E-state index contributed by atoms with van der Waals surface area (Å²) in [5.74, 6) is -0.534. The zero-order valence-electron chi connectivity index (χ0n) is 10.3. The molecule has 1 saturated heterocycles. The van der Waals surface area contributed by atoms with Gasteiger partial charge in [-0.2, -0.15) is 0 Å². The van der Waals surface area contributed by atoms with E-state index < -0.39 is 5.97 Å². The Balaban J connectivity index is 2.01. The van der Waals surface area contributed by atoms with E-state index in [1.807, 2.05) is 0 Å². The van der Waals surface area contributed by atoms with Gasteiger partial charge in [0.05, 0.1) is 17.6 Å². The first-order valence-electron chi connectivity index (χ1n) is 5.75. The molecule has 1 aromatic heterocycles. The van der Waals surface area contributed by atoms with Crippen molar-refractivity contribution in [2.24, 2.45) is 0 Å². The number of amides is 1. The number of hydrogen-bond acceptors (Lipinski definition) is 5. The lowest BCUT2D eigenvalue weighted by atomic mass is 10.3. The van der Waals surface area contributed by atoms with E-state index in [0.717, 1.165) is 11.8 Å². The predicted molar refractivity (Wildman–Crippen MR) is 80.0 cm³/mol. The maximum Gasteiger partial charge on any atom is 0.305 e. The maximum absolute atomic E-state index is 12.0. The van der Waals surface area contributed by atoms with Crippen molar-refractivity contribution in [2.45, 2.75) is 6.42 Å². The summed E-state index contributed by atoms with van der Waals surface area (Å²) in [6.45, 7) is 0.0965. The van der Waals surface area contributed by atoms with Crippen LogP contribution in [-0.2, 0) is 9.59 Å². The number of aliphatic carboxylic acids is 1. The number of allylic oxidation sites excluding steroid dienone is 2. The summed E-state index contributed by atoms with van der Waals surface area (Å²) < 4.78 is 5.51. The molecule has 20 heavy (non-hydrogen) atoms. The molecule has 1 amide bonds. The Labute approximate surface area is 124 Å². The largest absolute Gasteiger partial charge is 0.481 e. The first kappa shape index (κ1) is 14.5. The van der Waals surface area contributed by atoms with Gasteiger partial charge in [-0.1, -0.05) is 30.1 Å². The Hall–Kier alpha value is -1.86. The Morgan fingerprint density at radius 3 is 3.00 bits per heavy atom. The van der Waals surface area contributed by atoms with Crippen LogP contribution in [0.2, 0.25) is 0 Å². The molecule has 0 saturated carbocycles. The van der Waals surface area contributed by atoms with Gasteiger partial charge in [0.25, 0.3) is 5.91 Å². The molecule has 0 bridgehead atoms. The Bertz CT molecular complexity index is 590. The molecule has 2 heterocycles. The van der Waals surface area contributed by atoms with Crippen molar-refractivity contribution >= 4 is 46.3 Å². The van der Waals surface area contributed by atoms with Gasteiger partial charge in [-0.05, 0) is 24.3 Å². The molecule has 1 aromatic rings. The van der Waals surface area contributed by atoms with Crippen LogP contribution in [0.5, 0.6) is 0 Å². The Kier molecular flexibility index (Phi) is 4.75. The van der Waals surface area contributed by atoms with Gasteiger partial charge < -0.3 is 9.52 Å². The Morgan fingerprint density at radius 1 is 1.55 bits per heavy atom. The number of carbonyl (C=O) groups excluding carboxylic acids is 1. The number of carboxylic acid groups (broad SMARTS) is 1. The second-order valence-electron chi connectivity index (χ2n) is 3.87. The molecule has 1 aliphatic heterocycles. The van der Waals surface area contributed by atoms with Crippen LogP contribution in [0.4, 0.5) is 0 Å². The standard InChI is InChI=1S/C13H11NO4S2/c15-11(16)6-7-14-12(17)10(20-13(14)19)5-1-3-9-4-2-8-18-9/h1-5,8H,6-7H2,(H,15,16)/b3-1+,10-5-. The number of thioether (sulfide) groups is 1. The van der Waals surface area contributed by atoms with E-state index in [0.29, 0.717) is 15.0 Å². The highest BCUT2D eigenvalue weighted by molar-refractivity contribution is 8.26. The van der Waals surface area contributed by atoms with Gasteiger partial charge in [0.2, 0.25) is 0 Å². The van der Waals surface area contributed by atoms with Crippen LogP contribution in [-0.4, -0.2) is 32.7 Å². The summed E-state index contributed by atoms with van der Waals surface area (Å²) in [7, 11) is 0. The minimum Gasteiger partial charge on any atom is -0.481 e. The number of furan rings is 1. The summed E-state index contributed by atoms with van der Waals surface area (Å²) >= 11 is 6.23. The number of hydrogen-bond donors (Lipinski definition) is 1. The molecule has 0 aliphatic carbocycles. The first-order valence-corrected chi connectivity index (χ1v) is 6.98. The van der Waals surface area contributed by atoms with E-state index in [4.69, 9.17) is 21.7 Å². The molecule has 1 N–H and O–H groups in total. The van der Waals surface area contributed by atoms with Crippen LogP contribution in [0, 0.1) is 0 Å². The molecule has 2 rings (SSSR count). The van der Waals surface area contributed by atoms with Gasteiger partial charge in [-0.3, -0.25) is 14.5 Å². The molecule has 0 aromatic carbocycles. The molecular formula is C13H11NO4S2. The highest BCUT2D eigenvalue weighted by atomic mass is 32.2. The number of carboxylic acids is 1. The van der Waals surface area contributed by atoms with Crippen molar-refractivity contribution in [3.63, 3.8) is 0 Å². The third-order valence-electron chi connectivity index (χ3n) is 2.47. The minimum atomic E-state index is -0.958. The zero-order chi connectivity index (χ0) is 14.5. The Morgan fingerprint density at radius 2 is 2.35 bits per heavy atom. The lowest BCUT2D eigenvalue weighted by molar-refractivity contribution is -0.137. The van der Waals surface area contributed by atoms with Crippen LogP contribution in [0.15, 0.2) is 39.9 Å². The molecule has 7 heteroatoms. The van der Waals surface area contributed by atoms with Gasteiger partial charge in [0, 0.05) is 6.54 Å². The van der Waals surface area contributed by atoms with Crippen LogP contribution in [0.25, 0.3) is 6.08 Å². The maximum atomic E-state index is 12.0. The highest BCUT2D eigenvalue weighted by Crippen LogP contribution is 2.31. The lowest BCUT2D eigenvalue weighted by Gasteiger charge is -2.12. The van der Waals surface area contributed by atoms with E-state index in [1.165, 1.54) is 4.90 Å². The molecule has 104 valence electrons. The third-order valence-corrected chi connectivity index (χ3v) is 3.87. The topological polar surface area (TPSA) is 70.8 Å². The predicted octanol–water partition coefficient (Wildman–Crippen LogP) is 2.51. The smallest absolute Gasteiger partial charge is 0.305 e. The van der Waals surface area contributed by atoms with Crippen molar-refractivity contribution in [1.29, 1.82) is 0 Å². The quantitative estimate of drug-likeness (QED) is 0.665. The van der Waals surface area contributed by atoms with Crippen molar-refractivity contribution < 1.29 is 19.1 Å². The van der Waals surface area contributed by atoms with Crippen LogP contribution >= 0.6 is 24.0 Å². The lowest BCUT2D eigenvalue weighted by Crippen LogP contribution is -2.30.